The van der Waals surface area contributed by atoms with E-state index in [9.17, 15) is 9.59 Å². The molecule has 0 unspecified atom stereocenters. The number of amides is 1. The van der Waals surface area contributed by atoms with Crippen LogP contribution in [0.4, 0.5) is 4.79 Å². The van der Waals surface area contributed by atoms with E-state index in [1.807, 2.05) is 25.1 Å². The predicted octanol–water partition coefficient (Wildman–Crippen LogP) is -0.540. The Morgan fingerprint density at radius 1 is 1.35 bits per heavy atom. The summed E-state index contributed by atoms with van der Waals surface area (Å²) < 4.78 is 1.85. The lowest BCUT2D eigenvalue weighted by Gasteiger charge is -2.00. The third kappa shape index (κ3) is 1.87. The molecule has 3 heterocycles. The molecule has 0 atom stereocenters. The number of carbonyl (C=O) groups excluding carboxylic acids is 1. The second-order valence-corrected chi connectivity index (χ2v) is 4.90. The first-order chi connectivity index (χ1) is 11.0. The Bertz CT molecular complexity index is 1140. The summed E-state index contributed by atoms with van der Waals surface area (Å²) in [4.78, 5) is 30.5. The van der Waals surface area contributed by atoms with Crippen molar-refractivity contribution in [2.24, 2.45) is 5.73 Å². The molecule has 0 radical (unpaired) electrons. The molecular formula is C12H9N9O2. The van der Waals surface area contributed by atoms with Crippen LogP contribution >= 0.6 is 0 Å². The first kappa shape index (κ1) is 13.1. The minimum Gasteiger partial charge on any atom is -0.350 e. The van der Waals surface area contributed by atoms with Crippen molar-refractivity contribution in [2.45, 2.75) is 6.92 Å². The second-order valence-electron chi connectivity index (χ2n) is 4.90. The summed E-state index contributed by atoms with van der Waals surface area (Å²) in [5.41, 5.74) is 6.68. The van der Waals surface area contributed by atoms with Gasteiger partial charge in [0.2, 0.25) is 11.6 Å². The van der Waals surface area contributed by atoms with E-state index in [1.165, 1.54) is 0 Å². The number of aromatic amines is 1. The van der Waals surface area contributed by atoms with Gasteiger partial charge in [-0.2, -0.15) is 4.52 Å². The number of nitrogens with zero attached hydrogens (tertiary/aromatic N) is 7. The SMILES string of the molecule is Cc1ccc2c(c1)[nH]c(=O)n1nc(-c3nnnn3C(N)=O)nc21. The number of primary amides is 1. The fourth-order valence-electron chi connectivity index (χ4n) is 2.32. The number of nitrogens with one attached hydrogen (secondary N) is 1. The fraction of sp³-hybridized carbons (Fsp3) is 0.0833. The molecule has 0 fully saturated rings. The lowest BCUT2D eigenvalue weighted by molar-refractivity contribution is 0.247. The molecular weight excluding hydrogens is 302 g/mol. The minimum absolute atomic E-state index is 0.0207. The standard InChI is InChI=1S/C12H9N9O2/c1-5-2-3-6-7(4-5)14-12(23)21-9(6)15-8(17-21)10-16-18-19-20(10)11(13)22/h2-4H,1H3,(H2,13,22)(H,14,23). The number of nitrogens with two attached hydrogens (primary N) is 1. The number of benzene rings is 1. The number of fused-ring (bicyclic) bond motifs is 3. The van der Waals surface area contributed by atoms with E-state index in [0.29, 0.717) is 16.6 Å². The molecule has 1 aromatic carbocycles. The molecule has 3 N–H and O–H groups in total. The summed E-state index contributed by atoms with van der Waals surface area (Å²) in [5.74, 6) is -0.0202. The van der Waals surface area contributed by atoms with Gasteiger partial charge in [-0.1, -0.05) is 6.07 Å². The first-order valence-electron chi connectivity index (χ1n) is 6.52. The van der Waals surface area contributed by atoms with Crippen molar-refractivity contribution in [3.8, 4) is 11.6 Å². The van der Waals surface area contributed by atoms with E-state index in [0.717, 1.165) is 14.8 Å². The summed E-state index contributed by atoms with van der Waals surface area (Å²) >= 11 is 0. The van der Waals surface area contributed by atoms with Gasteiger partial charge in [-0.3, -0.25) is 0 Å². The van der Waals surface area contributed by atoms with Crippen LogP contribution in [0, 0.1) is 6.92 Å². The highest BCUT2D eigenvalue weighted by atomic mass is 16.2. The van der Waals surface area contributed by atoms with E-state index in [-0.39, 0.29) is 11.6 Å². The van der Waals surface area contributed by atoms with Crippen LogP contribution in [0.1, 0.15) is 5.56 Å². The molecule has 23 heavy (non-hydrogen) atoms. The average molecular weight is 311 g/mol. The summed E-state index contributed by atoms with van der Waals surface area (Å²) in [6, 6.07) is 4.67. The quantitative estimate of drug-likeness (QED) is 0.448. The van der Waals surface area contributed by atoms with Crippen LogP contribution < -0.4 is 11.4 Å². The van der Waals surface area contributed by atoms with Crippen LogP contribution in [0.3, 0.4) is 0 Å². The van der Waals surface area contributed by atoms with Crippen LogP contribution in [0.2, 0.25) is 0 Å². The Morgan fingerprint density at radius 2 is 2.17 bits per heavy atom. The third-order valence-corrected chi connectivity index (χ3v) is 3.34. The van der Waals surface area contributed by atoms with Crippen molar-refractivity contribution >= 4 is 22.6 Å². The Kier molecular flexibility index (Phi) is 2.52. The molecule has 114 valence electrons. The van der Waals surface area contributed by atoms with Gasteiger partial charge in [0.1, 0.15) is 0 Å². The summed E-state index contributed by atoms with van der Waals surface area (Å²) in [7, 11) is 0. The van der Waals surface area contributed by atoms with Crippen molar-refractivity contribution in [3.63, 3.8) is 0 Å². The van der Waals surface area contributed by atoms with Crippen molar-refractivity contribution in [2.75, 3.05) is 0 Å². The molecule has 0 saturated carbocycles. The lowest BCUT2D eigenvalue weighted by Crippen LogP contribution is -2.22. The number of rotatable bonds is 1. The van der Waals surface area contributed by atoms with Crippen molar-refractivity contribution in [3.05, 3.63) is 34.2 Å². The number of tetrazole rings is 1. The topological polar surface area (TPSA) is 150 Å². The molecule has 0 aliphatic rings. The molecule has 0 saturated heterocycles. The van der Waals surface area contributed by atoms with Crippen LogP contribution in [0.5, 0.6) is 0 Å². The second kappa shape index (κ2) is 4.43. The molecule has 0 bridgehead atoms. The van der Waals surface area contributed by atoms with Crippen molar-refractivity contribution < 1.29 is 4.79 Å². The zero-order valence-electron chi connectivity index (χ0n) is 11.8. The monoisotopic (exact) mass is 311 g/mol. The summed E-state index contributed by atoms with van der Waals surface area (Å²) in [6.45, 7) is 1.91. The molecule has 1 amide bonds. The molecule has 11 nitrogen and oxygen atoms in total. The van der Waals surface area contributed by atoms with Gasteiger partial charge in [0.15, 0.2) is 5.65 Å². The highest BCUT2D eigenvalue weighted by molar-refractivity contribution is 5.91. The lowest BCUT2D eigenvalue weighted by atomic mass is 10.2. The van der Waals surface area contributed by atoms with Crippen LogP contribution in [0.25, 0.3) is 28.2 Å². The van der Waals surface area contributed by atoms with Gasteiger partial charge in [0.05, 0.1) is 5.52 Å². The third-order valence-electron chi connectivity index (χ3n) is 3.34. The Morgan fingerprint density at radius 3 is 2.96 bits per heavy atom. The minimum atomic E-state index is -0.877. The van der Waals surface area contributed by atoms with Crippen LogP contribution in [-0.4, -0.2) is 45.8 Å². The molecule has 4 rings (SSSR count). The first-order valence-corrected chi connectivity index (χ1v) is 6.52. The maximum Gasteiger partial charge on any atom is 0.348 e. The zero-order valence-corrected chi connectivity index (χ0v) is 11.8. The van der Waals surface area contributed by atoms with Gasteiger partial charge in [0, 0.05) is 5.39 Å². The Labute approximate surface area is 126 Å². The Balaban J connectivity index is 2.06. The highest BCUT2D eigenvalue weighted by Gasteiger charge is 2.19. The summed E-state index contributed by atoms with van der Waals surface area (Å²) in [6.07, 6.45) is 0. The maximum absolute atomic E-state index is 12.2. The van der Waals surface area contributed by atoms with Crippen LogP contribution in [0.15, 0.2) is 23.0 Å². The van der Waals surface area contributed by atoms with Crippen molar-refractivity contribution in [1.29, 1.82) is 0 Å². The molecule has 3 aromatic heterocycles. The number of carbonyl (C=O) groups is 1. The van der Waals surface area contributed by atoms with E-state index in [2.05, 4.69) is 30.6 Å². The van der Waals surface area contributed by atoms with Gasteiger partial charge in [-0.15, -0.1) is 14.9 Å². The smallest absolute Gasteiger partial charge is 0.348 e. The normalized spacial score (nSPS) is 11.3. The molecule has 0 spiro atoms. The zero-order chi connectivity index (χ0) is 16.1. The highest BCUT2D eigenvalue weighted by Crippen LogP contribution is 2.19. The number of aryl methyl sites for hydroxylation is 1. The van der Waals surface area contributed by atoms with Gasteiger partial charge in [0.25, 0.3) is 0 Å². The number of H-pyrrole nitrogens is 1. The number of hydrogen-bond acceptors (Lipinski definition) is 7. The average Bonchev–Trinajstić information content (AvgIpc) is 3.13. The van der Waals surface area contributed by atoms with E-state index in [4.69, 9.17) is 5.73 Å². The molecule has 11 heteroatoms. The fourth-order valence-corrected chi connectivity index (χ4v) is 2.32. The predicted molar refractivity (Wildman–Crippen MR) is 77.6 cm³/mol. The number of hydrogen-bond donors (Lipinski definition) is 2. The largest absolute Gasteiger partial charge is 0.350 e. The van der Waals surface area contributed by atoms with Gasteiger partial charge in [-0.25, -0.2) is 14.6 Å². The van der Waals surface area contributed by atoms with Gasteiger partial charge in [-0.05, 0) is 35.0 Å². The maximum atomic E-state index is 12.2. The Hall–Kier alpha value is -3.63. The van der Waals surface area contributed by atoms with E-state index < -0.39 is 11.7 Å². The van der Waals surface area contributed by atoms with Crippen LogP contribution in [-0.2, 0) is 0 Å². The van der Waals surface area contributed by atoms with E-state index in [1.54, 1.807) is 0 Å². The number of aromatic nitrogens is 8. The van der Waals surface area contributed by atoms with E-state index >= 15 is 0 Å². The van der Waals surface area contributed by atoms with Crippen molar-refractivity contribution in [1.82, 2.24) is 39.8 Å². The van der Waals surface area contributed by atoms with Gasteiger partial charge >= 0.3 is 11.7 Å². The molecule has 0 aliphatic carbocycles. The molecule has 0 aliphatic heterocycles. The van der Waals surface area contributed by atoms with Gasteiger partial charge < -0.3 is 10.7 Å². The summed E-state index contributed by atoms with van der Waals surface area (Å²) in [5, 5.41) is 15.3. The molecule has 4 aromatic rings.